The van der Waals surface area contributed by atoms with Crippen molar-refractivity contribution >= 4 is 40.8 Å². The number of hydrazine groups is 1. The van der Waals surface area contributed by atoms with Crippen molar-refractivity contribution in [2.24, 2.45) is 0 Å². The number of anilines is 1. The van der Waals surface area contributed by atoms with Crippen molar-refractivity contribution in [3.63, 3.8) is 0 Å². The number of urea groups is 1. The summed E-state index contributed by atoms with van der Waals surface area (Å²) in [6.45, 7) is 2.06. The van der Waals surface area contributed by atoms with E-state index in [-0.39, 0.29) is 5.91 Å². The van der Waals surface area contributed by atoms with Crippen LogP contribution in [0.4, 0.5) is 10.5 Å². The van der Waals surface area contributed by atoms with Crippen LogP contribution >= 0.6 is 23.2 Å². The Balaban J connectivity index is 2.32. The van der Waals surface area contributed by atoms with Crippen LogP contribution in [0.3, 0.4) is 0 Å². The summed E-state index contributed by atoms with van der Waals surface area (Å²) < 4.78 is 0. The summed E-state index contributed by atoms with van der Waals surface area (Å²) in [4.78, 5) is 22.9. The van der Waals surface area contributed by atoms with Crippen LogP contribution in [0.15, 0.2) is 18.2 Å². The van der Waals surface area contributed by atoms with Gasteiger partial charge in [-0.15, -0.1) is 0 Å². The molecule has 0 aliphatic heterocycles. The topological polar surface area (TPSA) is 70.2 Å². The van der Waals surface area contributed by atoms with Gasteiger partial charge < -0.3 is 5.32 Å². The monoisotopic (exact) mass is 317 g/mol. The van der Waals surface area contributed by atoms with Gasteiger partial charge >= 0.3 is 6.03 Å². The van der Waals surface area contributed by atoms with Gasteiger partial charge in [0.25, 0.3) is 0 Å². The van der Waals surface area contributed by atoms with Gasteiger partial charge in [-0.3, -0.25) is 10.2 Å². The molecule has 3 N–H and O–H groups in total. The van der Waals surface area contributed by atoms with Crippen LogP contribution in [-0.2, 0) is 4.79 Å². The fourth-order valence-corrected chi connectivity index (χ4v) is 1.76. The Labute approximate surface area is 128 Å². The Bertz CT molecular complexity index is 481. The first kappa shape index (κ1) is 16.6. The number of hydrogen-bond acceptors (Lipinski definition) is 2. The second-order valence-corrected chi connectivity index (χ2v) is 5.03. The van der Waals surface area contributed by atoms with Crippen LogP contribution in [0.1, 0.15) is 32.6 Å². The zero-order valence-corrected chi connectivity index (χ0v) is 12.6. The first-order chi connectivity index (χ1) is 9.52. The normalized spacial score (nSPS) is 9.95. The van der Waals surface area contributed by atoms with Crippen molar-refractivity contribution in [1.82, 2.24) is 10.9 Å². The zero-order chi connectivity index (χ0) is 15.0. The number of rotatable bonds is 5. The van der Waals surface area contributed by atoms with Gasteiger partial charge in [0.2, 0.25) is 5.91 Å². The fourth-order valence-electron chi connectivity index (χ4n) is 1.46. The van der Waals surface area contributed by atoms with E-state index in [4.69, 9.17) is 23.2 Å². The largest absolute Gasteiger partial charge is 0.337 e. The van der Waals surface area contributed by atoms with Gasteiger partial charge in [0.15, 0.2) is 0 Å². The summed E-state index contributed by atoms with van der Waals surface area (Å²) in [5.74, 6) is -0.220. The third-order valence-corrected chi connectivity index (χ3v) is 3.24. The van der Waals surface area contributed by atoms with Crippen LogP contribution in [0, 0.1) is 0 Å². The molecule has 0 aliphatic carbocycles. The summed E-state index contributed by atoms with van der Waals surface area (Å²) in [5.41, 5.74) is 5.08. The molecule has 0 aliphatic rings. The smallest absolute Gasteiger partial charge is 0.307 e. The minimum atomic E-state index is -0.549. The second kappa shape index (κ2) is 8.66. The minimum Gasteiger partial charge on any atom is -0.307 e. The molecule has 0 atom stereocenters. The van der Waals surface area contributed by atoms with E-state index in [0.717, 1.165) is 19.3 Å². The molecule has 3 amide bonds. The van der Waals surface area contributed by atoms with Gasteiger partial charge in [-0.2, -0.15) is 0 Å². The van der Waals surface area contributed by atoms with E-state index >= 15 is 0 Å². The molecule has 0 heterocycles. The van der Waals surface area contributed by atoms with Crippen LogP contribution < -0.4 is 16.2 Å². The van der Waals surface area contributed by atoms with Crippen LogP contribution in [0.2, 0.25) is 10.0 Å². The molecule has 0 unspecified atom stereocenters. The standard InChI is InChI=1S/C13H17Cl2N3O2/c1-2-3-4-5-12(19)17-18-13(20)16-9-6-7-10(14)11(15)8-9/h6-8H,2-5H2,1H3,(H,17,19)(H2,16,18,20). The second-order valence-electron chi connectivity index (χ2n) is 4.21. The van der Waals surface area contributed by atoms with Gasteiger partial charge in [-0.25, -0.2) is 10.2 Å². The zero-order valence-electron chi connectivity index (χ0n) is 11.1. The van der Waals surface area contributed by atoms with Crippen molar-refractivity contribution in [2.45, 2.75) is 32.6 Å². The van der Waals surface area contributed by atoms with Crippen molar-refractivity contribution < 1.29 is 9.59 Å². The van der Waals surface area contributed by atoms with Gasteiger partial charge in [-0.05, 0) is 24.6 Å². The van der Waals surface area contributed by atoms with E-state index in [1.54, 1.807) is 12.1 Å². The first-order valence-electron chi connectivity index (χ1n) is 6.33. The summed E-state index contributed by atoms with van der Waals surface area (Å²) in [6, 6.07) is 4.15. The van der Waals surface area contributed by atoms with Crippen molar-refractivity contribution in [3.05, 3.63) is 28.2 Å². The third kappa shape index (κ3) is 6.12. The average Bonchev–Trinajstić information content (AvgIpc) is 2.41. The number of hydrogen-bond donors (Lipinski definition) is 3. The Morgan fingerprint density at radius 2 is 1.85 bits per heavy atom. The van der Waals surface area contributed by atoms with E-state index < -0.39 is 6.03 Å². The van der Waals surface area contributed by atoms with Gasteiger partial charge in [0, 0.05) is 12.1 Å². The van der Waals surface area contributed by atoms with Gasteiger partial charge in [-0.1, -0.05) is 43.0 Å². The molecule has 1 aromatic carbocycles. The van der Waals surface area contributed by atoms with E-state index in [1.165, 1.54) is 6.07 Å². The lowest BCUT2D eigenvalue weighted by Crippen LogP contribution is -2.43. The molecule has 0 fully saturated rings. The molecule has 110 valence electrons. The Hall–Kier alpha value is -1.46. The van der Waals surface area contributed by atoms with Crippen LogP contribution in [-0.4, -0.2) is 11.9 Å². The third-order valence-electron chi connectivity index (χ3n) is 2.50. The molecule has 0 saturated heterocycles. The summed E-state index contributed by atoms with van der Waals surface area (Å²) in [5, 5.41) is 3.27. The predicted octanol–water partition coefficient (Wildman–Crippen LogP) is 3.73. The number of carbonyl (C=O) groups is 2. The van der Waals surface area contributed by atoms with Crippen molar-refractivity contribution in [1.29, 1.82) is 0 Å². The molecule has 0 spiro atoms. The fraction of sp³-hybridized carbons (Fsp3) is 0.385. The number of unbranched alkanes of at least 4 members (excludes halogenated alkanes) is 2. The Morgan fingerprint density at radius 3 is 2.50 bits per heavy atom. The lowest BCUT2D eigenvalue weighted by molar-refractivity contribution is -0.121. The van der Waals surface area contributed by atoms with Gasteiger partial charge in [0.1, 0.15) is 0 Å². The predicted molar refractivity (Wildman–Crippen MR) is 80.9 cm³/mol. The maximum atomic E-state index is 11.5. The van der Waals surface area contributed by atoms with E-state index in [0.29, 0.717) is 22.2 Å². The van der Waals surface area contributed by atoms with Crippen molar-refractivity contribution in [2.75, 3.05) is 5.32 Å². The molecule has 20 heavy (non-hydrogen) atoms. The molecule has 0 saturated carbocycles. The molecule has 1 aromatic rings. The quantitative estimate of drug-likeness (QED) is 0.572. The van der Waals surface area contributed by atoms with E-state index in [9.17, 15) is 9.59 Å². The SMILES string of the molecule is CCCCCC(=O)NNC(=O)Nc1ccc(Cl)c(Cl)c1. The Kier molecular flexibility index (Phi) is 7.18. The highest BCUT2D eigenvalue weighted by molar-refractivity contribution is 6.42. The molecular weight excluding hydrogens is 301 g/mol. The molecule has 0 aromatic heterocycles. The van der Waals surface area contributed by atoms with E-state index in [1.807, 2.05) is 0 Å². The highest BCUT2D eigenvalue weighted by Gasteiger charge is 2.06. The number of benzene rings is 1. The minimum absolute atomic E-state index is 0.220. The van der Waals surface area contributed by atoms with E-state index in [2.05, 4.69) is 23.1 Å². The summed E-state index contributed by atoms with van der Waals surface area (Å²) >= 11 is 11.6. The number of halogens is 2. The summed E-state index contributed by atoms with van der Waals surface area (Å²) in [7, 11) is 0. The Morgan fingerprint density at radius 1 is 1.10 bits per heavy atom. The maximum absolute atomic E-state index is 11.5. The highest BCUT2D eigenvalue weighted by atomic mass is 35.5. The molecule has 0 radical (unpaired) electrons. The number of amides is 3. The lowest BCUT2D eigenvalue weighted by Gasteiger charge is -2.09. The molecule has 5 nitrogen and oxygen atoms in total. The molecule has 0 bridgehead atoms. The molecule has 1 rings (SSSR count). The molecule has 7 heteroatoms. The van der Waals surface area contributed by atoms with Crippen LogP contribution in [0.25, 0.3) is 0 Å². The first-order valence-corrected chi connectivity index (χ1v) is 7.09. The number of carbonyl (C=O) groups excluding carboxylic acids is 2. The molecular formula is C13H17Cl2N3O2. The van der Waals surface area contributed by atoms with Crippen molar-refractivity contribution in [3.8, 4) is 0 Å². The summed E-state index contributed by atoms with van der Waals surface area (Å²) in [6.07, 6.45) is 3.22. The lowest BCUT2D eigenvalue weighted by atomic mass is 10.2. The van der Waals surface area contributed by atoms with Crippen LogP contribution in [0.5, 0.6) is 0 Å². The van der Waals surface area contributed by atoms with Gasteiger partial charge in [0.05, 0.1) is 10.0 Å². The number of nitrogens with one attached hydrogen (secondary N) is 3. The average molecular weight is 318 g/mol. The maximum Gasteiger partial charge on any atom is 0.337 e. The highest BCUT2D eigenvalue weighted by Crippen LogP contribution is 2.24.